The number of anilines is 1. The van der Waals surface area contributed by atoms with Gasteiger partial charge in [0, 0.05) is 0 Å². The van der Waals surface area contributed by atoms with Crippen LogP contribution < -0.4 is 10.5 Å². The molecule has 0 amide bonds. The molecule has 100 valence electrons. The molecule has 0 aliphatic rings. The van der Waals surface area contributed by atoms with Crippen molar-refractivity contribution in [2.24, 2.45) is 0 Å². The molecule has 0 bridgehead atoms. The van der Waals surface area contributed by atoms with Gasteiger partial charge in [-0.3, -0.25) is 0 Å². The van der Waals surface area contributed by atoms with E-state index in [-0.39, 0.29) is 6.01 Å². The second kappa shape index (κ2) is 5.65. The first-order valence-corrected chi connectivity index (χ1v) is 6.40. The predicted octanol–water partition coefficient (Wildman–Crippen LogP) is 2.68. The number of hydrogen-bond acceptors (Lipinski definition) is 5. The Kier molecular flexibility index (Phi) is 3.94. The molecule has 0 saturated heterocycles. The summed E-state index contributed by atoms with van der Waals surface area (Å²) in [6.07, 6.45) is 1.62. The zero-order valence-corrected chi connectivity index (χ0v) is 11.5. The Hall–Kier alpha value is -2.17. The topological polar surface area (TPSA) is 73.9 Å². The molecule has 2 N–H and O–H groups in total. The number of hydrogen-bond donors (Lipinski definition) is 1. The summed E-state index contributed by atoms with van der Waals surface area (Å²) in [5, 5.41) is 8.11. The van der Waals surface area contributed by atoms with E-state index in [1.165, 1.54) is 0 Å². The summed E-state index contributed by atoms with van der Waals surface area (Å²) in [4.78, 5) is 4.37. The minimum absolute atomic E-state index is 0.240. The van der Waals surface area contributed by atoms with Crippen LogP contribution in [0.15, 0.2) is 18.2 Å². The molecular formula is C14H18N4O. The van der Waals surface area contributed by atoms with Crippen LogP contribution in [0.2, 0.25) is 0 Å². The van der Waals surface area contributed by atoms with Gasteiger partial charge in [0.25, 0.3) is 0 Å². The van der Waals surface area contributed by atoms with Gasteiger partial charge in [-0.15, -0.1) is 5.10 Å². The Morgan fingerprint density at radius 1 is 1.11 bits per heavy atom. The first-order chi connectivity index (χ1) is 9.13. The highest BCUT2D eigenvalue weighted by Gasteiger charge is 2.09. The molecule has 19 heavy (non-hydrogen) atoms. The normalized spacial score (nSPS) is 10.5. The fourth-order valence-corrected chi connectivity index (χ4v) is 1.82. The third-order valence-electron chi connectivity index (χ3n) is 2.86. The number of aryl methyl sites for hydroxylation is 3. The largest absolute Gasteiger partial charge is 0.421 e. The number of rotatable bonds is 4. The minimum Gasteiger partial charge on any atom is -0.421 e. The van der Waals surface area contributed by atoms with Gasteiger partial charge in [0.15, 0.2) is 5.75 Å². The smallest absolute Gasteiger partial charge is 0.341 e. The number of nitrogen functional groups attached to an aromatic ring is 1. The number of nitrogens with zero attached hydrogens (tertiary/aromatic N) is 3. The molecule has 0 spiro atoms. The summed E-state index contributed by atoms with van der Waals surface area (Å²) in [5.74, 6) is 0.554. The van der Waals surface area contributed by atoms with Gasteiger partial charge in [-0.2, -0.15) is 4.98 Å². The number of nitrogens with two attached hydrogens (primary N) is 1. The highest BCUT2D eigenvalue weighted by Crippen LogP contribution is 2.26. The lowest BCUT2D eigenvalue weighted by molar-refractivity contribution is 0.430. The first kappa shape index (κ1) is 13.3. The summed E-state index contributed by atoms with van der Waals surface area (Å²) in [6, 6.07) is 5.84. The summed E-state index contributed by atoms with van der Waals surface area (Å²) >= 11 is 0. The highest BCUT2D eigenvalue weighted by atomic mass is 16.5. The molecule has 1 aromatic carbocycles. The van der Waals surface area contributed by atoms with Crippen LogP contribution in [0.4, 0.5) is 5.69 Å². The molecule has 1 heterocycles. The lowest BCUT2D eigenvalue weighted by Gasteiger charge is -2.09. The van der Waals surface area contributed by atoms with E-state index < -0.39 is 0 Å². The van der Waals surface area contributed by atoms with Crippen LogP contribution in [0.3, 0.4) is 0 Å². The van der Waals surface area contributed by atoms with Gasteiger partial charge < -0.3 is 10.5 Å². The Morgan fingerprint density at radius 2 is 1.84 bits per heavy atom. The van der Waals surface area contributed by atoms with Gasteiger partial charge in [0.1, 0.15) is 0 Å². The maximum Gasteiger partial charge on any atom is 0.341 e. The second-order valence-corrected chi connectivity index (χ2v) is 4.34. The molecule has 0 radical (unpaired) electrons. The summed E-state index contributed by atoms with van der Waals surface area (Å²) < 4.78 is 5.60. The maximum absolute atomic E-state index is 5.89. The average molecular weight is 258 g/mol. The van der Waals surface area contributed by atoms with Crippen LogP contribution >= 0.6 is 0 Å². The molecule has 2 aromatic rings. The summed E-state index contributed by atoms with van der Waals surface area (Å²) in [5.41, 5.74) is 9.37. The van der Waals surface area contributed by atoms with Crippen molar-refractivity contribution in [3.05, 3.63) is 35.2 Å². The molecule has 5 heteroatoms. The molecule has 0 unspecified atom stereocenters. The highest BCUT2D eigenvalue weighted by molar-refractivity contribution is 5.54. The molecule has 0 aliphatic heterocycles. The Morgan fingerprint density at radius 3 is 2.47 bits per heavy atom. The Labute approximate surface area is 112 Å². The monoisotopic (exact) mass is 258 g/mol. The number of ether oxygens (including phenoxy) is 1. The van der Waals surface area contributed by atoms with Crippen molar-refractivity contribution in [2.45, 2.75) is 33.6 Å². The van der Waals surface area contributed by atoms with Crippen LogP contribution in [0.1, 0.15) is 30.8 Å². The summed E-state index contributed by atoms with van der Waals surface area (Å²) in [6.45, 7) is 6.04. The maximum atomic E-state index is 5.89. The van der Waals surface area contributed by atoms with Crippen molar-refractivity contribution in [3.8, 4) is 11.8 Å². The molecule has 0 atom stereocenters. The van der Waals surface area contributed by atoms with E-state index in [1.807, 2.05) is 39.0 Å². The van der Waals surface area contributed by atoms with Crippen molar-refractivity contribution >= 4 is 5.69 Å². The quantitative estimate of drug-likeness (QED) is 0.853. The van der Waals surface area contributed by atoms with Crippen LogP contribution in [-0.4, -0.2) is 15.2 Å². The molecule has 0 fully saturated rings. The van der Waals surface area contributed by atoms with Gasteiger partial charge in [0.05, 0.1) is 17.1 Å². The van der Waals surface area contributed by atoms with E-state index in [0.29, 0.717) is 11.4 Å². The van der Waals surface area contributed by atoms with Crippen molar-refractivity contribution in [2.75, 3.05) is 5.73 Å². The fourth-order valence-electron chi connectivity index (χ4n) is 1.82. The van der Waals surface area contributed by atoms with Gasteiger partial charge in [-0.25, -0.2) is 0 Å². The zero-order chi connectivity index (χ0) is 13.8. The third kappa shape index (κ3) is 2.99. The minimum atomic E-state index is 0.240. The van der Waals surface area contributed by atoms with E-state index in [4.69, 9.17) is 10.5 Å². The first-order valence-electron chi connectivity index (χ1n) is 6.40. The predicted molar refractivity (Wildman–Crippen MR) is 74.2 cm³/mol. The van der Waals surface area contributed by atoms with Gasteiger partial charge in [-0.05, 0) is 37.5 Å². The van der Waals surface area contributed by atoms with Crippen LogP contribution in [0, 0.1) is 6.92 Å². The average Bonchev–Trinajstić information content (AvgIpc) is 2.41. The SMILES string of the molecule is CCc1nnc(Oc2ccc(C)cc2N)nc1CC. The zero-order valence-electron chi connectivity index (χ0n) is 11.5. The van der Waals surface area contributed by atoms with Crippen LogP contribution in [-0.2, 0) is 12.8 Å². The van der Waals surface area contributed by atoms with E-state index in [0.717, 1.165) is 29.8 Å². The van der Waals surface area contributed by atoms with E-state index in [1.54, 1.807) is 0 Å². The Bertz CT molecular complexity index is 584. The van der Waals surface area contributed by atoms with Crippen molar-refractivity contribution in [3.63, 3.8) is 0 Å². The van der Waals surface area contributed by atoms with E-state index >= 15 is 0 Å². The summed E-state index contributed by atoms with van der Waals surface area (Å²) in [7, 11) is 0. The van der Waals surface area contributed by atoms with Crippen molar-refractivity contribution < 1.29 is 4.74 Å². The van der Waals surface area contributed by atoms with Gasteiger partial charge in [-0.1, -0.05) is 25.0 Å². The fraction of sp³-hybridized carbons (Fsp3) is 0.357. The van der Waals surface area contributed by atoms with Gasteiger partial charge in [0.2, 0.25) is 0 Å². The molecular weight excluding hydrogens is 240 g/mol. The molecule has 0 saturated carbocycles. The number of benzene rings is 1. The van der Waals surface area contributed by atoms with E-state index in [2.05, 4.69) is 15.2 Å². The van der Waals surface area contributed by atoms with Crippen molar-refractivity contribution in [1.29, 1.82) is 0 Å². The standard InChI is InChI=1S/C14H18N4O/c1-4-11-12(5-2)17-18-14(16-11)19-13-7-6-9(3)8-10(13)15/h6-8H,4-5,15H2,1-3H3. The number of aromatic nitrogens is 3. The lowest BCUT2D eigenvalue weighted by atomic mass is 10.2. The van der Waals surface area contributed by atoms with Crippen molar-refractivity contribution in [1.82, 2.24) is 15.2 Å². The third-order valence-corrected chi connectivity index (χ3v) is 2.86. The lowest BCUT2D eigenvalue weighted by Crippen LogP contribution is -2.05. The van der Waals surface area contributed by atoms with Gasteiger partial charge >= 0.3 is 6.01 Å². The molecule has 2 rings (SSSR count). The Balaban J connectivity index is 2.28. The molecule has 5 nitrogen and oxygen atoms in total. The second-order valence-electron chi connectivity index (χ2n) is 4.34. The van der Waals surface area contributed by atoms with Crippen LogP contribution in [0.25, 0.3) is 0 Å². The van der Waals surface area contributed by atoms with Crippen LogP contribution in [0.5, 0.6) is 11.8 Å². The molecule has 0 aliphatic carbocycles. The molecule has 1 aromatic heterocycles. The van der Waals surface area contributed by atoms with E-state index in [9.17, 15) is 0 Å².